The Bertz CT molecular complexity index is 3540. The number of furan rings is 1. The monoisotopic (exact) mass is 806 g/mol. The Labute approximate surface area is 366 Å². The van der Waals surface area contributed by atoms with E-state index in [1.807, 2.05) is 6.07 Å². The molecule has 0 aliphatic heterocycles. The van der Waals surface area contributed by atoms with E-state index in [9.17, 15) is 0 Å². The summed E-state index contributed by atoms with van der Waals surface area (Å²) in [5.41, 5.74) is 15.1. The fourth-order valence-electron chi connectivity index (χ4n) is 10.3. The molecule has 1 aliphatic carbocycles. The maximum atomic E-state index is 6.46. The predicted octanol–water partition coefficient (Wildman–Crippen LogP) is 16.1. The van der Waals surface area contributed by atoms with E-state index >= 15 is 0 Å². The van der Waals surface area contributed by atoms with Crippen LogP contribution in [0.15, 0.2) is 247 Å². The highest BCUT2D eigenvalue weighted by Gasteiger charge is 2.45. The lowest BCUT2D eigenvalue weighted by Crippen LogP contribution is -2.45. The number of aromatic nitrogens is 1. The Balaban J connectivity index is 1.17. The first-order chi connectivity index (χ1) is 31.3. The van der Waals surface area contributed by atoms with Crippen LogP contribution < -0.4 is 4.90 Å². The number of hydrogen-bond donors (Lipinski definition) is 0. The topological polar surface area (TPSA) is 21.3 Å². The average Bonchev–Trinajstić information content (AvgIpc) is 3.91. The third kappa shape index (κ3) is 5.96. The minimum atomic E-state index is -0.705. The molecule has 0 radical (unpaired) electrons. The largest absolute Gasteiger partial charge is 0.456 e. The van der Waals surface area contributed by atoms with Gasteiger partial charge in [0.1, 0.15) is 16.7 Å². The van der Waals surface area contributed by atoms with Crippen LogP contribution in [0, 0.1) is 0 Å². The summed E-state index contributed by atoms with van der Waals surface area (Å²) in [6.07, 6.45) is 7.64. The second kappa shape index (κ2) is 15.1. The van der Waals surface area contributed by atoms with Crippen molar-refractivity contribution in [3.63, 3.8) is 0 Å². The summed E-state index contributed by atoms with van der Waals surface area (Å²) < 4.78 is 8.86. The lowest BCUT2D eigenvalue weighted by molar-refractivity contribution is 0.568. The fraction of sp³-hybridized carbons (Fsp3) is 0.0333. The van der Waals surface area contributed by atoms with Crippen molar-refractivity contribution in [1.82, 2.24) is 4.57 Å². The number of fused-ring (bicyclic) bond motifs is 6. The third-order valence-corrected chi connectivity index (χ3v) is 12.9. The molecule has 0 fully saturated rings. The molecule has 1 atom stereocenters. The molecular weight excluding hydrogens is 765 g/mol. The van der Waals surface area contributed by atoms with Gasteiger partial charge in [-0.3, -0.25) is 0 Å². The van der Waals surface area contributed by atoms with E-state index in [-0.39, 0.29) is 0 Å². The molecule has 2 aromatic heterocycles. The summed E-state index contributed by atoms with van der Waals surface area (Å²) in [5.74, 6) is 0. The zero-order valence-electron chi connectivity index (χ0n) is 34.6. The molecule has 11 aromatic rings. The summed E-state index contributed by atoms with van der Waals surface area (Å²) in [7, 11) is 0. The summed E-state index contributed by atoms with van der Waals surface area (Å²) in [6.45, 7) is 0. The highest BCUT2D eigenvalue weighted by atomic mass is 16.3. The van der Waals surface area contributed by atoms with E-state index in [2.05, 4.69) is 246 Å². The molecule has 2 heterocycles. The quantitative estimate of drug-likeness (QED) is 0.153. The second-order valence-electron chi connectivity index (χ2n) is 16.4. The molecule has 1 aliphatic rings. The number of allylic oxidation sites excluding steroid dienone is 2. The van der Waals surface area contributed by atoms with Crippen molar-refractivity contribution < 1.29 is 4.42 Å². The second-order valence-corrected chi connectivity index (χ2v) is 16.4. The Kier molecular flexibility index (Phi) is 8.79. The highest BCUT2D eigenvalue weighted by molar-refractivity contribution is 6.16. The molecule has 3 heteroatoms. The summed E-state index contributed by atoms with van der Waals surface area (Å²) in [5, 5.41) is 4.66. The van der Waals surface area contributed by atoms with Gasteiger partial charge in [-0.05, 0) is 106 Å². The van der Waals surface area contributed by atoms with Crippen molar-refractivity contribution in [2.75, 3.05) is 4.90 Å². The standard InChI is InChI=1S/C60H42N2O/c1-4-20-42(21-5-1)48-28-10-13-33-54(48)60(39-17-16-32-53(60)43-22-6-2-7-23-43)62(47-37-38-58-52(41-47)50-29-12-15-36-57(50)63-58)46-27-18-24-44(40-46)49-31-19-35-56-59(49)51-30-11-14-34-55(51)61(56)45-25-8-3-9-26-45/h1-38,40-41H,39H2. The van der Waals surface area contributed by atoms with E-state index in [1.54, 1.807) is 0 Å². The normalized spacial score (nSPS) is 15.0. The van der Waals surface area contributed by atoms with Gasteiger partial charge in [0.2, 0.25) is 0 Å². The Morgan fingerprint density at radius 1 is 0.444 bits per heavy atom. The Morgan fingerprint density at radius 2 is 1.06 bits per heavy atom. The van der Waals surface area contributed by atoms with Gasteiger partial charge in [0.25, 0.3) is 0 Å². The lowest BCUT2D eigenvalue weighted by atomic mass is 9.70. The molecular formula is C60H42N2O. The van der Waals surface area contributed by atoms with Crippen LogP contribution in [-0.4, -0.2) is 4.57 Å². The number of benzene rings is 9. The maximum absolute atomic E-state index is 6.46. The van der Waals surface area contributed by atoms with Gasteiger partial charge in [0, 0.05) is 38.6 Å². The first-order valence-corrected chi connectivity index (χ1v) is 21.7. The molecule has 298 valence electrons. The Morgan fingerprint density at radius 3 is 1.90 bits per heavy atom. The van der Waals surface area contributed by atoms with Crippen molar-refractivity contribution in [2.24, 2.45) is 0 Å². The summed E-state index contributed by atoms with van der Waals surface area (Å²) >= 11 is 0. The van der Waals surface area contributed by atoms with Gasteiger partial charge in [0.15, 0.2) is 0 Å². The Hall–Kier alpha value is -8.14. The predicted molar refractivity (Wildman–Crippen MR) is 264 cm³/mol. The van der Waals surface area contributed by atoms with Crippen molar-refractivity contribution in [3.05, 3.63) is 254 Å². The summed E-state index contributed by atoms with van der Waals surface area (Å²) in [6, 6.07) is 81.4. The average molecular weight is 807 g/mol. The van der Waals surface area contributed by atoms with Crippen LogP contribution in [-0.2, 0) is 5.54 Å². The van der Waals surface area contributed by atoms with E-state index < -0.39 is 5.54 Å². The van der Waals surface area contributed by atoms with Gasteiger partial charge in [-0.1, -0.05) is 182 Å². The number of hydrogen-bond acceptors (Lipinski definition) is 2. The van der Waals surface area contributed by atoms with Crippen molar-refractivity contribution in [3.8, 4) is 27.9 Å². The number of rotatable bonds is 8. The van der Waals surface area contributed by atoms with E-state index in [0.717, 1.165) is 51.0 Å². The van der Waals surface area contributed by atoms with Gasteiger partial charge in [-0.25, -0.2) is 0 Å². The van der Waals surface area contributed by atoms with Gasteiger partial charge < -0.3 is 13.9 Å². The number of anilines is 2. The van der Waals surface area contributed by atoms with Crippen molar-refractivity contribution in [1.29, 1.82) is 0 Å². The van der Waals surface area contributed by atoms with Crippen LogP contribution in [0.1, 0.15) is 17.5 Å². The van der Waals surface area contributed by atoms with Crippen LogP contribution in [0.3, 0.4) is 0 Å². The molecule has 0 amide bonds. The molecule has 1 unspecified atom stereocenters. The van der Waals surface area contributed by atoms with Crippen molar-refractivity contribution >= 4 is 60.7 Å². The van der Waals surface area contributed by atoms with E-state index in [1.165, 1.54) is 55.2 Å². The molecule has 0 spiro atoms. The first-order valence-electron chi connectivity index (χ1n) is 21.7. The molecule has 3 nitrogen and oxygen atoms in total. The minimum Gasteiger partial charge on any atom is -0.456 e. The zero-order valence-corrected chi connectivity index (χ0v) is 34.6. The summed E-state index contributed by atoms with van der Waals surface area (Å²) in [4.78, 5) is 2.62. The lowest BCUT2D eigenvalue weighted by Gasteiger charge is -2.49. The van der Waals surface area contributed by atoms with Crippen LogP contribution in [0.4, 0.5) is 11.4 Å². The van der Waals surface area contributed by atoms with Crippen LogP contribution in [0.25, 0.3) is 77.3 Å². The van der Waals surface area contributed by atoms with Gasteiger partial charge in [-0.15, -0.1) is 0 Å². The van der Waals surface area contributed by atoms with Crippen LogP contribution >= 0.6 is 0 Å². The van der Waals surface area contributed by atoms with Gasteiger partial charge >= 0.3 is 0 Å². The smallest absolute Gasteiger partial charge is 0.135 e. The highest BCUT2D eigenvalue weighted by Crippen LogP contribution is 2.55. The van der Waals surface area contributed by atoms with Gasteiger partial charge in [-0.2, -0.15) is 0 Å². The maximum Gasteiger partial charge on any atom is 0.135 e. The van der Waals surface area contributed by atoms with Crippen molar-refractivity contribution in [2.45, 2.75) is 12.0 Å². The molecule has 0 saturated carbocycles. The number of nitrogens with zero attached hydrogens (tertiary/aromatic N) is 2. The number of para-hydroxylation sites is 3. The first kappa shape index (κ1) is 36.7. The molecule has 0 bridgehead atoms. The van der Waals surface area contributed by atoms with E-state index in [4.69, 9.17) is 4.42 Å². The third-order valence-electron chi connectivity index (χ3n) is 12.9. The minimum absolute atomic E-state index is 0.705. The molecule has 12 rings (SSSR count). The van der Waals surface area contributed by atoms with Crippen LogP contribution in [0.5, 0.6) is 0 Å². The zero-order chi connectivity index (χ0) is 41.7. The van der Waals surface area contributed by atoms with Gasteiger partial charge in [0.05, 0.1) is 11.0 Å². The molecule has 0 N–H and O–H groups in total. The fourth-order valence-corrected chi connectivity index (χ4v) is 10.3. The molecule has 9 aromatic carbocycles. The SMILES string of the molecule is C1=CCC(c2ccccc2-c2ccccc2)(N(c2cccc(-c3cccc4c3c3ccccc3n4-c3ccccc3)c2)c2ccc3oc4ccccc4c3c2)C(c2ccccc2)=C1. The van der Waals surface area contributed by atoms with Crippen LogP contribution in [0.2, 0.25) is 0 Å². The van der Waals surface area contributed by atoms with E-state index in [0.29, 0.717) is 0 Å². The molecule has 63 heavy (non-hydrogen) atoms. The molecule has 0 saturated heterocycles.